The van der Waals surface area contributed by atoms with Gasteiger partial charge in [-0.3, -0.25) is 4.90 Å². The van der Waals surface area contributed by atoms with Crippen LogP contribution in [0.25, 0.3) is 11.4 Å². The van der Waals surface area contributed by atoms with Crippen molar-refractivity contribution in [1.29, 1.82) is 0 Å². The number of nitrogen functional groups attached to an aromatic ring is 1. The minimum atomic E-state index is -0.226. The maximum atomic E-state index is 11.6. The van der Waals surface area contributed by atoms with E-state index in [4.69, 9.17) is 15.5 Å². The number of hydrogen-bond donors (Lipinski definition) is 3. The molecule has 0 bridgehead atoms. The van der Waals surface area contributed by atoms with E-state index in [1.165, 1.54) is 0 Å². The topological polar surface area (TPSA) is 105 Å². The first-order valence-electron chi connectivity index (χ1n) is 9.12. The van der Waals surface area contributed by atoms with Crippen molar-refractivity contribution in [3.05, 3.63) is 35.5 Å². The van der Waals surface area contributed by atoms with Crippen LogP contribution in [0.15, 0.2) is 24.3 Å². The van der Waals surface area contributed by atoms with E-state index >= 15 is 0 Å². The summed E-state index contributed by atoms with van der Waals surface area (Å²) >= 11 is 0. The number of methoxy groups -OCH3 is 1. The number of fused-ring (bicyclic) bond motifs is 1. The highest BCUT2D eigenvalue weighted by Crippen LogP contribution is 2.26. The van der Waals surface area contributed by atoms with Crippen LogP contribution in [0.5, 0.6) is 0 Å². The number of nitrogens with zero attached hydrogens (tertiary/aromatic N) is 3. The Kier molecular flexibility index (Phi) is 6.20. The second-order valence-electron chi connectivity index (χ2n) is 6.44. The fourth-order valence-corrected chi connectivity index (χ4v) is 3.09. The molecule has 1 aliphatic rings. The van der Waals surface area contributed by atoms with Gasteiger partial charge in [0.2, 0.25) is 0 Å². The van der Waals surface area contributed by atoms with Crippen molar-refractivity contribution in [3.63, 3.8) is 0 Å². The number of anilines is 2. The molecule has 1 aliphatic heterocycles. The average molecular weight is 370 g/mol. The minimum absolute atomic E-state index is 0.226. The third-order valence-corrected chi connectivity index (χ3v) is 4.53. The highest BCUT2D eigenvalue weighted by atomic mass is 16.5. The first-order chi connectivity index (χ1) is 13.1. The molecule has 0 radical (unpaired) electrons. The maximum Gasteiger partial charge on any atom is 0.319 e. The van der Waals surface area contributed by atoms with Crippen molar-refractivity contribution in [2.24, 2.45) is 0 Å². The van der Waals surface area contributed by atoms with Gasteiger partial charge in [0.25, 0.3) is 0 Å². The quantitative estimate of drug-likeness (QED) is 0.717. The van der Waals surface area contributed by atoms with Crippen LogP contribution in [0.2, 0.25) is 0 Å². The first kappa shape index (κ1) is 19.1. The number of hydrogen-bond acceptors (Lipinski definition) is 6. The molecule has 3 rings (SSSR count). The van der Waals surface area contributed by atoms with Crippen molar-refractivity contribution in [2.75, 3.05) is 44.4 Å². The molecule has 8 nitrogen and oxygen atoms in total. The lowest BCUT2D eigenvalue weighted by Crippen LogP contribution is -2.34. The number of nitrogens with one attached hydrogen (secondary N) is 2. The van der Waals surface area contributed by atoms with Crippen LogP contribution in [0.1, 0.15) is 18.2 Å². The number of amides is 2. The molecule has 27 heavy (non-hydrogen) atoms. The summed E-state index contributed by atoms with van der Waals surface area (Å²) in [6.07, 6.45) is 0.848. The lowest BCUT2D eigenvalue weighted by Gasteiger charge is -2.28. The van der Waals surface area contributed by atoms with Crippen molar-refractivity contribution in [1.82, 2.24) is 20.2 Å². The predicted octanol–water partition coefficient (Wildman–Crippen LogP) is 1.87. The number of carbonyl (C=O) groups excluding carboxylic acids is 1. The van der Waals surface area contributed by atoms with Crippen molar-refractivity contribution in [3.8, 4) is 11.4 Å². The monoisotopic (exact) mass is 370 g/mol. The molecule has 144 valence electrons. The fourth-order valence-electron chi connectivity index (χ4n) is 3.09. The molecule has 8 heteroatoms. The molecule has 2 aromatic rings. The fraction of sp³-hybridized carbons (Fsp3) is 0.421. The van der Waals surface area contributed by atoms with Crippen molar-refractivity contribution >= 4 is 17.5 Å². The molecule has 0 atom stereocenters. The van der Waals surface area contributed by atoms with E-state index in [0.717, 1.165) is 42.9 Å². The Bertz CT molecular complexity index is 794. The Labute approximate surface area is 159 Å². The SMILES string of the molecule is CCNC(=O)Nc1ccc(-c2nc(N)c3c(n2)CN(CCOC)CC3)cc1. The van der Waals surface area contributed by atoms with Gasteiger partial charge >= 0.3 is 6.03 Å². The Morgan fingerprint density at radius 3 is 2.78 bits per heavy atom. The molecule has 0 saturated heterocycles. The zero-order valence-electron chi connectivity index (χ0n) is 15.8. The second kappa shape index (κ2) is 8.79. The van der Waals surface area contributed by atoms with Gasteiger partial charge in [-0.2, -0.15) is 0 Å². The summed E-state index contributed by atoms with van der Waals surface area (Å²) in [7, 11) is 1.71. The van der Waals surface area contributed by atoms with Crippen molar-refractivity contribution in [2.45, 2.75) is 19.9 Å². The van der Waals surface area contributed by atoms with Crippen molar-refractivity contribution < 1.29 is 9.53 Å². The highest BCUT2D eigenvalue weighted by Gasteiger charge is 2.21. The molecule has 0 unspecified atom stereocenters. The number of urea groups is 1. The normalized spacial score (nSPS) is 13.9. The van der Waals surface area contributed by atoms with Gasteiger partial charge in [0, 0.05) is 50.1 Å². The van der Waals surface area contributed by atoms with E-state index in [9.17, 15) is 4.79 Å². The number of ether oxygens (including phenoxy) is 1. The van der Waals surface area contributed by atoms with Crippen LogP contribution >= 0.6 is 0 Å². The highest BCUT2D eigenvalue weighted by molar-refractivity contribution is 5.89. The van der Waals surface area contributed by atoms with Gasteiger partial charge < -0.3 is 21.1 Å². The van der Waals surface area contributed by atoms with E-state index in [2.05, 4.69) is 20.5 Å². The summed E-state index contributed by atoms with van der Waals surface area (Å²) < 4.78 is 5.17. The Morgan fingerprint density at radius 1 is 1.30 bits per heavy atom. The predicted molar refractivity (Wildman–Crippen MR) is 105 cm³/mol. The number of nitrogens with two attached hydrogens (primary N) is 1. The van der Waals surface area contributed by atoms with Gasteiger partial charge in [-0.25, -0.2) is 14.8 Å². The third kappa shape index (κ3) is 4.72. The summed E-state index contributed by atoms with van der Waals surface area (Å²) in [6, 6.07) is 7.20. The van der Waals surface area contributed by atoms with Gasteiger partial charge in [0.15, 0.2) is 5.82 Å². The molecule has 0 saturated carbocycles. The Morgan fingerprint density at radius 2 is 2.07 bits per heavy atom. The van der Waals surface area contributed by atoms with Crippen LogP contribution in [0, 0.1) is 0 Å². The van der Waals surface area contributed by atoms with Crippen LogP contribution in [0.4, 0.5) is 16.3 Å². The largest absolute Gasteiger partial charge is 0.383 e. The zero-order chi connectivity index (χ0) is 19.2. The minimum Gasteiger partial charge on any atom is -0.383 e. The Hall–Kier alpha value is -2.71. The molecule has 1 aromatic heterocycles. The van der Waals surface area contributed by atoms with E-state index in [-0.39, 0.29) is 6.03 Å². The maximum absolute atomic E-state index is 11.6. The number of aromatic nitrogens is 2. The van der Waals surface area contributed by atoms with E-state index in [1.54, 1.807) is 7.11 Å². The van der Waals surface area contributed by atoms with Gasteiger partial charge in [-0.05, 0) is 37.6 Å². The van der Waals surface area contributed by atoms with Gasteiger partial charge in [-0.15, -0.1) is 0 Å². The second-order valence-corrected chi connectivity index (χ2v) is 6.44. The van der Waals surface area contributed by atoms with Crippen LogP contribution in [0.3, 0.4) is 0 Å². The molecule has 0 aliphatic carbocycles. The van der Waals surface area contributed by atoms with Crippen LogP contribution in [-0.2, 0) is 17.7 Å². The molecule has 0 spiro atoms. The zero-order valence-corrected chi connectivity index (χ0v) is 15.8. The van der Waals surface area contributed by atoms with Crippen LogP contribution in [-0.4, -0.2) is 54.2 Å². The van der Waals surface area contributed by atoms with E-state index in [1.807, 2.05) is 31.2 Å². The van der Waals surface area contributed by atoms with Gasteiger partial charge in [0.05, 0.1) is 12.3 Å². The van der Waals surface area contributed by atoms with E-state index < -0.39 is 0 Å². The smallest absolute Gasteiger partial charge is 0.319 e. The standard InChI is InChI=1S/C19H26N6O2/c1-3-21-19(26)22-14-6-4-13(5-7-14)18-23-16-12-25(10-11-27-2)9-8-15(16)17(20)24-18/h4-7H,3,8-12H2,1-2H3,(H2,20,23,24)(H2,21,22,26). The molecular weight excluding hydrogens is 344 g/mol. The molecule has 1 aromatic carbocycles. The first-order valence-corrected chi connectivity index (χ1v) is 9.12. The molecule has 2 heterocycles. The summed E-state index contributed by atoms with van der Waals surface area (Å²) in [5.41, 5.74) is 9.79. The molecule has 4 N–H and O–H groups in total. The third-order valence-electron chi connectivity index (χ3n) is 4.53. The molecule has 0 fully saturated rings. The number of benzene rings is 1. The van der Waals surface area contributed by atoms with E-state index in [0.29, 0.717) is 30.5 Å². The average Bonchev–Trinajstić information content (AvgIpc) is 2.66. The Balaban J connectivity index is 1.77. The van der Waals surface area contributed by atoms with Crippen LogP contribution < -0.4 is 16.4 Å². The van der Waals surface area contributed by atoms with Gasteiger partial charge in [0.1, 0.15) is 5.82 Å². The summed E-state index contributed by atoms with van der Waals surface area (Å²) in [5, 5.41) is 5.47. The number of carbonyl (C=O) groups is 1. The summed E-state index contributed by atoms with van der Waals surface area (Å²) in [5.74, 6) is 1.15. The molecule has 2 amide bonds. The molecular formula is C19H26N6O2. The lowest BCUT2D eigenvalue weighted by molar-refractivity contribution is 0.139. The number of rotatable bonds is 6. The lowest BCUT2D eigenvalue weighted by atomic mass is 10.0. The summed E-state index contributed by atoms with van der Waals surface area (Å²) in [6.45, 7) is 5.70. The van der Waals surface area contributed by atoms with Gasteiger partial charge in [-0.1, -0.05) is 0 Å². The summed E-state index contributed by atoms with van der Waals surface area (Å²) in [4.78, 5) is 23.1.